The number of rotatable bonds is 5. The number of nitrogens with zero attached hydrogens (tertiary/aromatic N) is 2. The smallest absolute Gasteiger partial charge is 0.291 e. The monoisotopic (exact) mass is 250 g/mol. The highest BCUT2D eigenvalue weighted by atomic mass is 35.5. The Hall–Kier alpha value is -0.740. The molecule has 0 aliphatic carbocycles. The van der Waals surface area contributed by atoms with Crippen LogP contribution in [-0.2, 0) is 0 Å². The molecule has 1 heterocycles. The summed E-state index contributed by atoms with van der Waals surface area (Å²) < 4.78 is 5.01. The van der Waals surface area contributed by atoms with Gasteiger partial charge >= 0.3 is 0 Å². The van der Waals surface area contributed by atoms with Crippen LogP contribution >= 0.6 is 23.2 Å². The van der Waals surface area contributed by atoms with Gasteiger partial charge in [-0.2, -0.15) is 0 Å². The number of oxazole rings is 1. The molecule has 1 amide bonds. The van der Waals surface area contributed by atoms with Gasteiger partial charge in [-0.3, -0.25) is 4.79 Å². The highest BCUT2D eigenvalue weighted by Crippen LogP contribution is 2.09. The molecule has 4 nitrogen and oxygen atoms in total. The number of aryl methyl sites for hydroxylation is 1. The van der Waals surface area contributed by atoms with Crippen LogP contribution in [0.25, 0.3) is 0 Å². The Balaban J connectivity index is 2.76. The summed E-state index contributed by atoms with van der Waals surface area (Å²) in [6.45, 7) is 2.62. The van der Waals surface area contributed by atoms with Gasteiger partial charge < -0.3 is 9.32 Å². The Morgan fingerprint density at radius 1 is 1.47 bits per heavy atom. The normalized spacial score (nSPS) is 10.3. The van der Waals surface area contributed by atoms with Gasteiger partial charge in [0.15, 0.2) is 6.39 Å². The first-order valence-corrected chi connectivity index (χ1v) is 5.59. The molecule has 1 aromatic heterocycles. The van der Waals surface area contributed by atoms with E-state index in [1.54, 1.807) is 11.8 Å². The number of hydrogen-bond donors (Lipinski definition) is 0. The van der Waals surface area contributed by atoms with Crippen LogP contribution in [-0.4, -0.2) is 40.6 Å². The van der Waals surface area contributed by atoms with Crippen LogP contribution in [0.2, 0.25) is 0 Å². The van der Waals surface area contributed by atoms with E-state index < -0.39 is 0 Å². The highest BCUT2D eigenvalue weighted by molar-refractivity contribution is 6.18. The first-order valence-electron chi connectivity index (χ1n) is 4.52. The number of aromatic nitrogens is 1. The molecular weight excluding hydrogens is 239 g/mol. The molecule has 1 rings (SSSR count). The fraction of sp³-hybridized carbons (Fsp3) is 0.556. The van der Waals surface area contributed by atoms with E-state index in [4.69, 9.17) is 27.6 Å². The summed E-state index contributed by atoms with van der Waals surface area (Å²) in [7, 11) is 0. The van der Waals surface area contributed by atoms with E-state index in [1.165, 1.54) is 6.39 Å². The van der Waals surface area contributed by atoms with Gasteiger partial charge in [-0.25, -0.2) is 4.98 Å². The number of hydrogen-bond acceptors (Lipinski definition) is 3. The van der Waals surface area contributed by atoms with E-state index in [0.717, 1.165) is 0 Å². The zero-order valence-electron chi connectivity index (χ0n) is 8.37. The average Bonchev–Trinajstić information content (AvgIpc) is 2.63. The van der Waals surface area contributed by atoms with E-state index in [2.05, 4.69) is 4.98 Å². The maximum atomic E-state index is 11.9. The van der Waals surface area contributed by atoms with Gasteiger partial charge in [-0.1, -0.05) is 0 Å². The lowest BCUT2D eigenvalue weighted by atomic mass is 10.3. The SMILES string of the molecule is Cc1ncoc1C(=O)N(CCCl)CCCl. The molecule has 1 aromatic rings. The van der Waals surface area contributed by atoms with Crippen LogP contribution in [0.1, 0.15) is 16.2 Å². The second-order valence-corrected chi connectivity index (χ2v) is 3.69. The minimum Gasteiger partial charge on any atom is -0.438 e. The quantitative estimate of drug-likeness (QED) is 0.751. The fourth-order valence-electron chi connectivity index (χ4n) is 1.17. The zero-order chi connectivity index (χ0) is 11.3. The predicted molar refractivity (Wildman–Crippen MR) is 58.6 cm³/mol. The Morgan fingerprint density at radius 3 is 2.47 bits per heavy atom. The summed E-state index contributed by atoms with van der Waals surface area (Å²) in [5.41, 5.74) is 0.578. The molecule has 0 radical (unpaired) electrons. The lowest BCUT2D eigenvalue weighted by Crippen LogP contribution is -2.34. The Kier molecular flexibility index (Phi) is 4.91. The Bertz CT molecular complexity index is 322. The molecule has 0 aromatic carbocycles. The molecule has 0 saturated carbocycles. The summed E-state index contributed by atoms with van der Waals surface area (Å²) >= 11 is 11.2. The lowest BCUT2D eigenvalue weighted by molar-refractivity contribution is 0.0742. The standard InChI is InChI=1S/C9H12Cl2N2O2/c1-7-8(15-6-12-7)9(14)13(4-2-10)5-3-11/h6H,2-5H2,1H3. The molecule has 84 valence electrons. The number of halogens is 2. The highest BCUT2D eigenvalue weighted by Gasteiger charge is 2.20. The molecule has 0 bridgehead atoms. The van der Waals surface area contributed by atoms with Crippen LogP contribution < -0.4 is 0 Å². The van der Waals surface area contributed by atoms with Gasteiger partial charge in [0.25, 0.3) is 5.91 Å². The third kappa shape index (κ3) is 3.11. The minimum atomic E-state index is -0.216. The molecule has 0 unspecified atom stereocenters. The largest absolute Gasteiger partial charge is 0.438 e. The molecular formula is C9H12Cl2N2O2. The summed E-state index contributed by atoms with van der Waals surface area (Å²) in [6.07, 6.45) is 1.25. The summed E-state index contributed by atoms with van der Waals surface area (Å²) in [6, 6.07) is 0. The van der Waals surface area contributed by atoms with Gasteiger partial charge in [0.05, 0.1) is 5.69 Å². The number of alkyl halides is 2. The van der Waals surface area contributed by atoms with Crippen LogP contribution in [0.15, 0.2) is 10.8 Å². The van der Waals surface area contributed by atoms with Crippen molar-refractivity contribution in [2.75, 3.05) is 24.8 Å². The lowest BCUT2D eigenvalue weighted by Gasteiger charge is -2.18. The van der Waals surface area contributed by atoms with Gasteiger partial charge in [-0.15, -0.1) is 23.2 Å². The maximum absolute atomic E-state index is 11.9. The predicted octanol–water partition coefficient (Wildman–Crippen LogP) is 1.90. The summed E-state index contributed by atoms with van der Waals surface area (Å²) in [4.78, 5) is 17.3. The van der Waals surface area contributed by atoms with E-state index in [-0.39, 0.29) is 11.7 Å². The maximum Gasteiger partial charge on any atom is 0.291 e. The molecule has 0 N–H and O–H groups in total. The summed E-state index contributed by atoms with van der Waals surface area (Å²) in [5.74, 6) is 0.780. The third-order valence-electron chi connectivity index (χ3n) is 1.94. The van der Waals surface area contributed by atoms with Crippen molar-refractivity contribution in [3.63, 3.8) is 0 Å². The number of carbonyl (C=O) groups excluding carboxylic acids is 1. The Morgan fingerprint density at radius 2 is 2.07 bits per heavy atom. The molecule has 0 fully saturated rings. The van der Waals surface area contributed by atoms with Gasteiger partial charge in [-0.05, 0) is 6.92 Å². The second kappa shape index (κ2) is 5.98. The van der Waals surface area contributed by atoms with Gasteiger partial charge in [0.2, 0.25) is 5.76 Å². The van der Waals surface area contributed by atoms with Crippen molar-refractivity contribution in [3.05, 3.63) is 17.8 Å². The molecule has 0 aliphatic rings. The minimum absolute atomic E-state index is 0.216. The molecule has 0 aliphatic heterocycles. The first-order chi connectivity index (χ1) is 7.20. The van der Waals surface area contributed by atoms with Crippen molar-refractivity contribution in [2.24, 2.45) is 0 Å². The van der Waals surface area contributed by atoms with Crippen molar-refractivity contribution in [2.45, 2.75) is 6.92 Å². The van der Waals surface area contributed by atoms with Crippen molar-refractivity contribution >= 4 is 29.1 Å². The molecule has 0 spiro atoms. The van der Waals surface area contributed by atoms with E-state index in [0.29, 0.717) is 30.5 Å². The molecule has 0 saturated heterocycles. The third-order valence-corrected chi connectivity index (χ3v) is 2.27. The fourth-order valence-corrected chi connectivity index (χ4v) is 1.58. The number of carbonyl (C=O) groups is 1. The van der Waals surface area contributed by atoms with Crippen molar-refractivity contribution in [1.29, 1.82) is 0 Å². The van der Waals surface area contributed by atoms with Crippen LogP contribution in [0.4, 0.5) is 0 Å². The second-order valence-electron chi connectivity index (χ2n) is 2.94. The topological polar surface area (TPSA) is 46.3 Å². The van der Waals surface area contributed by atoms with E-state index >= 15 is 0 Å². The van der Waals surface area contributed by atoms with Gasteiger partial charge in [0, 0.05) is 24.8 Å². The summed E-state index contributed by atoms with van der Waals surface area (Å²) in [5, 5.41) is 0. The van der Waals surface area contributed by atoms with Crippen molar-refractivity contribution < 1.29 is 9.21 Å². The van der Waals surface area contributed by atoms with Crippen LogP contribution in [0.3, 0.4) is 0 Å². The average molecular weight is 251 g/mol. The van der Waals surface area contributed by atoms with Crippen molar-refractivity contribution in [3.8, 4) is 0 Å². The van der Waals surface area contributed by atoms with Crippen LogP contribution in [0, 0.1) is 6.92 Å². The van der Waals surface area contributed by atoms with Crippen molar-refractivity contribution in [1.82, 2.24) is 9.88 Å². The van der Waals surface area contributed by atoms with E-state index in [9.17, 15) is 4.79 Å². The first kappa shape index (κ1) is 12.3. The van der Waals surface area contributed by atoms with E-state index in [1.807, 2.05) is 0 Å². The molecule has 0 atom stereocenters. The molecule has 15 heavy (non-hydrogen) atoms. The molecule has 6 heteroatoms. The van der Waals surface area contributed by atoms with Crippen LogP contribution in [0.5, 0.6) is 0 Å². The number of amides is 1. The van der Waals surface area contributed by atoms with Gasteiger partial charge in [0.1, 0.15) is 0 Å². The Labute approximate surface area is 98.2 Å². The zero-order valence-corrected chi connectivity index (χ0v) is 9.88.